The minimum atomic E-state index is -0.432. The summed E-state index contributed by atoms with van der Waals surface area (Å²) in [7, 11) is 1.50. The number of ether oxygens (including phenoxy) is 1. The molecule has 13 nitrogen and oxygen atoms in total. The third-order valence-corrected chi connectivity index (χ3v) is 12.2. The molecule has 2 saturated heterocycles. The summed E-state index contributed by atoms with van der Waals surface area (Å²) in [5, 5.41) is 6.48. The lowest BCUT2D eigenvalue weighted by atomic mass is 9.84. The van der Waals surface area contributed by atoms with Gasteiger partial charge in [0.25, 0.3) is 11.5 Å². The van der Waals surface area contributed by atoms with Gasteiger partial charge in [-0.2, -0.15) is 0 Å². The van der Waals surface area contributed by atoms with Crippen LogP contribution in [0.4, 0.5) is 17.1 Å². The van der Waals surface area contributed by atoms with Gasteiger partial charge in [0.15, 0.2) is 0 Å². The van der Waals surface area contributed by atoms with E-state index in [9.17, 15) is 19.2 Å². The average molecular weight is 761 g/mol. The van der Waals surface area contributed by atoms with Gasteiger partial charge < -0.3 is 29.8 Å². The number of hydrogen-bond acceptors (Lipinski definition) is 9. The van der Waals surface area contributed by atoms with Crippen LogP contribution in [-0.2, 0) is 9.59 Å². The number of benzene rings is 2. The van der Waals surface area contributed by atoms with Crippen molar-refractivity contribution >= 4 is 51.9 Å². The maximum Gasteiger partial charge on any atom is 0.274 e. The molecule has 2 aliphatic carbocycles. The van der Waals surface area contributed by atoms with E-state index >= 15 is 0 Å². The van der Waals surface area contributed by atoms with Gasteiger partial charge in [-0.25, -0.2) is 0 Å². The van der Waals surface area contributed by atoms with Crippen molar-refractivity contribution in [3.63, 3.8) is 0 Å². The highest BCUT2D eigenvalue weighted by molar-refractivity contribution is 6.08. The number of nitrogens with zero attached hydrogens (tertiary/aromatic N) is 5. The van der Waals surface area contributed by atoms with Crippen LogP contribution in [0.1, 0.15) is 91.4 Å². The number of piperidine rings is 1. The molecular formula is C43H52N8O5. The number of piperazine rings is 1. The molecule has 56 heavy (non-hydrogen) atoms. The largest absolute Gasteiger partial charge is 0.496 e. The number of nitrogens with one attached hydrogen (secondary N) is 2. The summed E-state index contributed by atoms with van der Waals surface area (Å²) in [5.41, 5.74) is 11.2. The summed E-state index contributed by atoms with van der Waals surface area (Å²) in [6.07, 6.45) is 13.9. The van der Waals surface area contributed by atoms with Crippen LogP contribution in [0.5, 0.6) is 5.75 Å². The molecule has 2 aromatic heterocycles. The summed E-state index contributed by atoms with van der Waals surface area (Å²) in [6.45, 7) is 7.12. The van der Waals surface area contributed by atoms with Gasteiger partial charge in [-0.1, -0.05) is 6.07 Å². The van der Waals surface area contributed by atoms with Gasteiger partial charge in [-0.3, -0.25) is 34.4 Å². The molecule has 8 rings (SSSR count). The number of rotatable bonds is 11. The summed E-state index contributed by atoms with van der Waals surface area (Å²) in [4.78, 5) is 60.7. The fraction of sp³-hybridized carbons (Fsp3) is 0.465. The first-order chi connectivity index (χ1) is 27.2. The minimum Gasteiger partial charge on any atom is -0.496 e. The Morgan fingerprint density at radius 1 is 0.982 bits per heavy atom. The fourth-order valence-electron chi connectivity index (χ4n) is 8.81. The number of aryl methyl sites for hydroxylation is 1. The van der Waals surface area contributed by atoms with Crippen molar-refractivity contribution in [2.24, 2.45) is 10.9 Å². The molecule has 0 spiro atoms. The predicted molar refractivity (Wildman–Crippen MR) is 219 cm³/mol. The highest BCUT2D eigenvalue weighted by Gasteiger charge is 2.31. The fourth-order valence-corrected chi connectivity index (χ4v) is 8.81. The van der Waals surface area contributed by atoms with E-state index in [-0.39, 0.29) is 41.2 Å². The molecule has 4 fully saturated rings. The van der Waals surface area contributed by atoms with Gasteiger partial charge in [-0.15, -0.1) is 0 Å². The van der Waals surface area contributed by atoms with Crippen molar-refractivity contribution in [2.45, 2.75) is 82.8 Å². The number of fused-ring (bicyclic) bond motifs is 1. The van der Waals surface area contributed by atoms with Gasteiger partial charge in [0.2, 0.25) is 11.8 Å². The van der Waals surface area contributed by atoms with Crippen molar-refractivity contribution in [3.8, 4) is 5.75 Å². The van der Waals surface area contributed by atoms with Crippen LogP contribution < -0.4 is 31.6 Å². The summed E-state index contributed by atoms with van der Waals surface area (Å²) >= 11 is 0. The number of amides is 3. The zero-order chi connectivity index (χ0) is 38.9. The molecular weight excluding hydrogens is 709 g/mol. The Balaban J connectivity index is 0.823. The third-order valence-electron chi connectivity index (χ3n) is 12.2. The zero-order valence-electron chi connectivity index (χ0n) is 32.3. The highest BCUT2D eigenvalue weighted by Crippen LogP contribution is 2.36. The molecule has 3 amide bonds. The van der Waals surface area contributed by atoms with Gasteiger partial charge in [-0.05, 0) is 107 Å². The molecule has 13 heteroatoms. The Hall–Kier alpha value is -5.43. The number of aliphatic imine (C=N–C) groups is 1. The number of anilines is 3. The van der Waals surface area contributed by atoms with Crippen molar-refractivity contribution < 1.29 is 19.1 Å². The molecule has 4 aromatic rings. The van der Waals surface area contributed by atoms with E-state index in [1.54, 1.807) is 41.2 Å². The van der Waals surface area contributed by atoms with Crippen molar-refractivity contribution in [2.75, 3.05) is 55.8 Å². The Labute approximate surface area is 326 Å². The number of methoxy groups -OCH3 is 1. The number of nitrogens with two attached hydrogens (primary N) is 1. The van der Waals surface area contributed by atoms with E-state index < -0.39 is 5.91 Å². The first-order valence-electron chi connectivity index (χ1n) is 20.1. The van der Waals surface area contributed by atoms with Crippen LogP contribution in [0.2, 0.25) is 0 Å². The smallest absolute Gasteiger partial charge is 0.274 e. The molecule has 4 heterocycles. The summed E-state index contributed by atoms with van der Waals surface area (Å²) in [6, 6.07) is 13.1. The number of aromatic nitrogens is 2. The van der Waals surface area contributed by atoms with E-state index in [0.29, 0.717) is 41.3 Å². The summed E-state index contributed by atoms with van der Waals surface area (Å²) in [5.74, 6) is 0.163. The van der Waals surface area contributed by atoms with E-state index in [4.69, 9.17) is 15.5 Å². The van der Waals surface area contributed by atoms with Crippen LogP contribution in [0.15, 0.2) is 64.6 Å². The second kappa shape index (κ2) is 16.0. The van der Waals surface area contributed by atoms with Gasteiger partial charge in [0.1, 0.15) is 17.5 Å². The maximum absolute atomic E-state index is 13.4. The third kappa shape index (κ3) is 7.82. The maximum atomic E-state index is 13.4. The number of pyridine rings is 1. The lowest BCUT2D eigenvalue weighted by Crippen LogP contribution is -2.47. The van der Waals surface area contributed by atoms with Crippen molar-refractivity contribution in [1.82, 2.24) is 19.4 Å². The molecule has 0 radical (unpaired) electrons. The van der Waals surface area contributed by atoms with Crippen LogP contribution in [-0.4, -0.2) is 83.8 Å². The predicted octanol–water partition coefficient (Wildman–Crippen LogP) is 5.46. The summed E-state index contributed by atoms with van der Waals surface area (Å²) < 4.78 is 9.23. The molecule has 294 valence electrons. The molecule has 4 N–H and O–H groups in total. The Morgan fingerprint density at radius 3 is 2.50 bits per heavy atom. The lowest BCUT2D eigenvalue weighted by molar-refractivity contribution is -0.135. The second-order valence-electron chi connectivity index (χ2n) is 15.9. The number of carbonyl (C=O) groups is 3. The van der Waals surface area contributed by atoms with Gasteiger partial charge in [0, 0.05) is 91.7 Å². The number of nitrogen functional groups attached to an aromatic ring is 1. The SMILES string of the molecule is COc1cc(N)c(C=NC2CCC(CCN3CCN(c4cccc5c4c(C)cn5C4CCC(=O)NC4=O)CC3)CC2)cc1C(=O)Nc1cccn(C2CC2)c1=O. The Bertz CT molecular complexity index is 2220. The first-order valence-corrected chi connectivity index (χ1v) is 20.1. The van der Waals surface area contributed by atoms with Crippen LogP contribution >= 0.6 is 0 Å². The Kier molecular flexibility index (Phi) is 10.7. The molecule has 0 bridgehead atoms. The van der Waals surface area contributed by atoms with Crippen molar-refractivity contribution in [1.29, 1.82) is 0 Å². The van der Waals surface area contributed by atoms with Gasteiger partial charge >= 0.3 is 0 Å². The lowest BCUT2D eigenvalue weighted by Gasteiger charge is -2.37. The Morgan fingerprint density at radius 2 is 1.77 bits per heavy atom. The monoisotopic (exact) mass is 760 g/mol. The second-order valence-corrected chi connectivity index (χ2v) is 15.9. The zero-order valence-corrected chi connectivity index (χ0v) is 32.3. The quantitative estimate of drug-likeness (QED) is 0.104. The van der Waals surface area contributed by atoms with E-state index in [0.717, 1.165) is 82.3 Å². The van der Waals surface area contributed by atoms with E-state index in [1.807, 2.05) is 0 Å². The number of carbonyl (C=O) groups excluding carboxylic acids is 3. The molecule has 1 atom stereocenters. The standard InChI is InChI=1S/C43H52N8O5/c1-27-26-51(37-14-15-39(52)47-42(37)54)36-7-3-6-35(40(27)36)49-21-19-48(20-22-49)18-16-28-8-10-30(11-9-28)45-25-29-23-32(38(56-2)24-33(29)44)41(53)46-34-5-4-17-50(43(34)55)31-12-13-31/h3-7,17,23-26,28,30-31,37H,8-16,18-22,44H2,1-2H3,(H,46,53)(H,47,52,54). The first kappa shape index (κ1) is 37.5. The minimum absolute atomic E-state index is 0.196. The average Bonchev–Trinajstić information content (AvgIpc) is 4.00. The topological polar surface area (TPSA) is 156 Å². The van der Waals surface area contributed by atoms with E-state index in [1.165, 1.54) is 24.6 Å². The molecule has 2 aliphatic heterocycles. The van der Waals surface area contributed by atoms with Crippen LogP contribution in [0, 0.1) is 12.8 Å². The van der Waals surface area contributed by atoms with Crippen LogP contribution in [0.25, 0.3) is 10.9 Å². The normalized spacial score (nSPS) is 22.1. The molecule has 1 unspecified atom stereocenters. The number of hydrogen-bond donors (Lipinski definition) is 3. The molecule has 2 saturated carbocycles. The molecule has 4 aliphatic rings. The van der Waals surface area contributed by atoms with Gasteiger partial charge in [0.05, 0.1) is 18.2 Å². The molecule has 2 aromatic carbocycles. The van der Waals surface area contributed by atoms with Crippen molar-refractivity contribution in [3.05, 3.63) is 81.9 Å². The number of imide groups is 1. The highest BCUT2D eigenvalue weighted by atomic mass is 16.5. The van der Waals surface area contributed by atoms with E-state index in [2.05, 4.69) is 56.3 Å². The van der Waals surface area contributed by atoms with Crippen LogP contribution in [0.3, 0.4) is 0 Å².